The molecule has 0 N–H and O–H groups in total. The van der Waals surface area contributed by atoms with E-state index in [1.807, 2.05) is 51.1 Å². The van der Waals surface area contributed by atoms with E-state index in [2.05, 4.69) is 30.3 Å². The molecule has 4 rings (SSSR count). The second kappa shape index (κ2) is 8.61. The van der Waals surface area contributed by atoms with E-state index in [1.165, 1.54) is 4.31 Å². The van der Waals surface area contributed by atoms with E-state index in [9.17, 15) is 8.42 Å². The van der Waals surface area contributed by atoms with Gasteiger partial charge in [-0.2, -0.15) is 4.31 Å². The van der Waals surface area contributed by atoms with Crippen LogP contribution in [-0.2, 0) is 10.0 Å². The third kappa shape index (κ3) is 3.99. The van der Waals surface area contributed by atoms with E-state index in [4.69, 9.17) is 4.99 Å². The maximum Gasteiger partial charge on any atom is 0.245 e. The number of fused-ring (bicyclic) bond motifs is 2. The Morgan fingerprint density at radius 2 is 1.42 bits per heavy atom. The van der Waals surface area contributed by atoms with Crippen LogP contribution >= 0.6 is 0 Å². The Labute approximate surface area is 183 Å². The number of benzene rings is 4. The summed E-state index contributed by atoms with van der Waals surface area (Å²) in [4.78, 5) is 4.95. The predicted molar refractivity (Wildman–Crippen MR) is 130 cm³/mol. The van der Waals surface area contributed by atoms with Gasteiger partial charge >= 0.3 is 0 Å². The van der Waals surface area contributed by atoms with Gasteiger partial charge in [0.2, 0.25) is 10.0 Å². The molecule has 158 valence electrons. The molecule has 5 heteroatoms. The van der Waals surface area contributed by atoms with Crippen LogP contribution in [0, 0.1) is 6.92 Å². The molecule has 4 aromatic rings. The molecule has 0 fully saturated rings. The number of aliphatic imine (C=N–C) groups is 1. The van der Waals surface area contributed by atoms with Gasteiger partial charge in [-0.15, -0.1) is 0 Å². The maximum atomic E-state index is 13.3. The fourth-order valence-electron chi connectivity index (χ4n) is 3.96. The number of hydrogen-bond acceptors (Lipinski definition) is 3. The summed E-state index contributed by atoms with van der Waals surface area (Å²) in [7, 11) is -3.62. The molecule has 0 aliphatic heterocycles. The molecular formula is C26H26N2O2S. The van der Waals surface area contributed by atoms with Crippen LogP contribution in [0.15, 0.2) is 82.7 Å². The number of sulfonamides is 1. The SMILES string of the molecule is CCN(CC)S(=O)(=O)c1cc(C)ccc1N=Cc1c2ccccc2cc2ccccc12. The second-order valence-corrected chi connectivity index (χ2v) is 9.46. The maximum absolute atomic E-state index is 13.3. The van der Waals surface area contributed by atoms with E-state index >= 15 is 0 Å². The van der Waals surface area contributed by atoms with Crippen molar-refractivity contribution in [2.75, 3.05) is 13.1 Å². The Kier molecular flexibility index (Phi) is 5.90. The lowest BCUT2D eigenvalue weighted by Gasteiger charge is -2.19. The molecule has 0 radical (unpaired) electrons. The Hall–Kier alpha value is -3.02. The first kappa shape index (κ1) is 21.2. The van der Waals surface area contributed by atoms with Crippen LogP contribution in [0.2, 0.25) is 0 Å². The molecule has 4 nitrogen and oxygen atoms in total. The fourth-order valence-corrected chi connectivity index (χ4v) is 5.64. The lowest BCUT2D eigenvalue weighted by atomic mass is 9.97. The van der Waals surface area contributed by atoms with Gasteiger partial charge in [0, 0.05) is 24.9 Å². The quantitative estimate of drug-likeness (QED) is 0.275. The molecule has 0 aliphatic rings. The summed E-state index contributed by atoms with van der Waals surface area (Å²) in [6.45, 7) is 6.44. The Morgan fingerprint density at radius 3 is 2.00 bits per heavy atom. The molecule has 31 heavy (non-hydrogen) atoms. The molecule has 0 aliphatic carbocycles. The van der Waals surface area contributed by atoms with Gasteiger partial charge in [0.1, 0.15) is 4.90 Å². The minimum atomic E-state index is -3.62. The van der Waals surface area contributed by atoms with Crippen LogP contribution in [0.4, 0.5) is 5.69 Å². The average molecular weight is 431 g/mol. The monoisotopic (exact) mass is 430 g/mol. The minimum absolute atomic E-state index is 0.247. The van der Waals surface area contributed by atoms with Crippen molar-refractivity contribution in [2.24, 2.45) is 4.99 Å². The Morgan fingerprint density at radius 1 is 0.839 bits per heavy atom. The Balaban J connectivity index is 1.91. The summed E-state index contributed by atoms with van der Waals surface area (Å²) in [5, 5.41) is 4.43. The molecule has 0 spiro atoms. The molecule has 0 heterocycles. The van der Waals surface area contributed by atoms with Crippen LogP contribution in [-0.4, -0.2) is 32.0 Å². The van der Waals surface area contributed by atoms with E-state index in [0.717, 1.165) is 32.7 Å². The molecule has 0 saturated heterocycles. The van der Waals surface area contributed by atoms with Crippen molar-refractivity contribution < 1.29 is 8.42 Å². The number of aryl methyl sites for hydroxylation is 1. The highest BCUT2D eigenvalue weighted by Gasteiger charge is 2.24. The fraction of sp³-hybridized carbons (Fsp3) is 0.192. The van der Waals surface area contributed by atoms with Crippen molar-refractivity contribution in [3.05, 3.63) is 83.9 Å². The van der Waals surface area contributed by atoms with Crippen molar-refractivity contribution in [1.82, 2.24) is 4.31 Å². The summed E-state index contributed by atoms with van der Waals surface area (Å²) in [5.74, 6) is 0. The first-order valence-corrected chi connectivity index (χ1v) is 11.9. The van der Waals surface area contributed by atoms with Gasteiger partial charge in [0.25, 0.3) is 0 Å². The zero-order chi connectivity index (χ0) is 22.0. The molecular weight excluding hydrogens is 404 g/mol. The van der Waals surface area contributed by atoms with Gasteiger partial charge in [-0.05, 0) is 52.2 Å². The van der Waals surface area contributed by atoms with Crippen molar-refractivity contribution >= 4 is 43.5 Å². The minimum Gasteiger partial charge on any atom is -0.255 e. The summed E-state index contributed by atoms with van der Waals surface area (Å²) in [6, 6.07) is 23.9. The largest absolute Gasteiger partial charge is 0.255 e. The van der Waals surface area contributed by atoms with E-state index in [0.29, 0.717) is 18.8 Å². The lowest BCUT2D eigenvalue weighted by Crippen LogP contribution is -2.30. The summed E-state index contributed by atoms with van der Waals surface area (Å²) >= 11 is 0. The van der Waals surface area contributed by atoms with Crippen LogP contribution in [0.3, 0.4) is 0 Å². The van der Waals surface area contributed by atoms with Crippen LogP contribution in [0.25, 0.3) is 21.5 Å². The van der Waals surface area contributed by atoms with Gasteiger partial charge in [-0.25, -0.2) is 8.42 Å². The van der Waals surface area contributed by atoms with Crippen LogP contribution in [0.5, 0.6) is 0 Å². The van der Waals surface area contributed by atoms with Gasteiger partial charge in [0.15, 0.2) is 0 Å². The van der Waals surface area contributed by atoms with Crippen LogP contribution < -0.4 is 0 Å². The molecule has 0 atom stereocenters. The van der Waals surface area contributed by atoms with Crippen molar-refractivity contribution in [3.8, 4) is 0 Å². The van der Waals surface area contributed by atoms with Gasteiger partial charge in [-0.3, -0.25) is 4.99 Å². The van der Waals surface area contributed by atoms with Gasteiger partial charge in [-0.1, -0.05) is 68.4 Å². The molecule has 0 aromatic heterocycles. The third-order valence-corrected chi connectivity index (χ3v) is 7.66. The van der Waals surface area contributed by atoms with E-state index < -0.39 is 10.0 Å². The van der Waals surface area contributed by atoms with Gasteiger partial charge in [0.05, 0.1) is 5.69 Å². The standard InChI is InChI=1S/C26H26N2O2S/c1-4-28(5-2)31(29,30)26-16-19(3)14-15-25(26)27-18-24-22-12-8-6-10-20(22)17-21-11-7-9-13-23(21)24/h6-18H,4-5H2,1-3H3. The zero-order valence-corrected chi connectivity index (χ0v) is 18.9. The first-order chi connectivity index (χ1) is 15.0. The summed E-state index contributed by atoms with van der Waals surface area (Å²) < 4.78 is 28.0. The molecule has 4 aromatic carbocycles. The van der Waals surface area contributed by atoms with Crippen molar-refractivity contribution in [1.29, 1.82) is 0 Å². The lowest BCUT2D eigenvalue weighted by molar-refractivity contribution is 0.445. The number of hydrogen-bond donors (Lipinski definition) is 0. The first-order valence-electron chi connectivity index (χ1n) is 10.5. The van der Waals surface area contributed by atoms with E-state index in [1.54, 1.807) is 18.3 Å². The predicted octanol–water partition coefficient (Wildman–Crippen LogP) is 6.08. The second-order valence-electron chi connectivity index (χ2n) is 7.55. The van der Waals surface area contributed by atoms with Crippen LogP contribution in [0.1, 0.15) is 25.0 Å². The normalized spacial score (nSPS) is 12.4. The third-order valence-electron chi connectivity index (χ3n) is 5.58. The topological polar surface area (TPSA) is 49.7 Å². The average Bonchev–Trinajstić information content (AvgIpc) is 2.78. The molecule has 0 bridgehead atoms. The highest BCUT2D eigenvalue weighted by molar-refractivity contribution is 7.89. The van der Waals surface area contributed by atoms with Crippen molar-refractivity contribution in [3.63, 3.8) is 0 Å². The molecule has 0 amide bonds. The highest BCUT2D eigenvalue weighted by Crippen LogP contribution is 2.31. The Bertz CT molecular complexity index is 1330. The van der Waals surface area contributed by atoms with E-state index in [-0.39, 0.29) is 4.90 Å². The zero-order valence-electron chi connectivity index (χ0n) is 18.0. The number of nitrogens with zero attached hydrogens (tertiary/aromatic N) is 2. The smallest absolute Gasteiger partial charge is 0.245 e. The van der Waals surface area contributed by atoms with Gasteiger partial charge < -0.3 is 0 Å². The van der Waals surface area contributed by atoms with Crippen molar-refractivity contribution in [2.45, 2.75) is 25.7 Å². The number of rotatable bonds is 6. The molecule has 0 unspecified atom stereocenters. The summed E-state index contributed by atoms with van der Waals surface area (Å²) in [6.07, 6.45) is 1.80. The molecule has 0 saturated carbocycles. The summed E-state index contributed by atoms with van der Waals surface area (Å²) in [5.41, 5.74) is 2.33. The highest BCUT2D eigenvalue weighted by atomic mass is 32.2.